The molecule has 1 aliphatic heterocycles. The van der Waals surface area contributed by atoms with Crippen molar-refractivity contribution >= 4 is 29.2 Å². The van der Waals surface area contributed by atoms with Crippen molar-refractivity contribution in [3.8, 4) is 5.69 Å². The molecule has 2 heterocycles. The Bertz CT molecular complexity index is 935. The number of aromatic nitrogens is 2. The fraction of sp³-hybridized carbons (Fsp3) is 0.333. The molecule has 0 N–H and O–H groups in total. The van der Waals surface area contributed by atoms with Crippen molar-refractivity contribution in [1.82, 2.24) is 14.7 Å². The largest absolute Gasteiger partial charge is 0.465 e. The van der Waals surface area contributed by atoms with Crippen LogP contribution in [0, 0.1) is 0 Å². The lowest BCUT2D eigenvalue weighted by atomic mass is 10.2. The van der Waals surface area contributed by atoms with E-state index in [0.717, 1.165) is 4.68 Å². The second-order valence-electron chi connectivity index (χ2n) is 6.06. The Morgan fingerprint density at radius 3 is 2.41 bits per heavy atom. The van der Waals surface area contributed by atoms with Gasteiger partial charge in [-0.2, -0.15) is 9.78 Å². The molecule has 2 aromatic rings. The molecule has 1 saturated heterocycles. The third-order valence-corrected chi connectivity index (χ3v) is 4.86. The first kappa shape index (κ1) is 18.9. The number of benzene rings is 1. The van der Waals surface area contributed by atoms with Gasteiger partial charge in [-0.1, -0.05) is 23.7 Å². The monoisotopic (exact) mass is 390 g/mol. The van der Waals surface area contributed by atoms with Gasteiger partial charge in [0.1, 0.15) is 5.02 Å². The smallest absolute Gasteiger partial charge is 0.340 e. The van der Waals surface area contributed by atoms with E-state index in [4.69, 9.17) is 16.3 Å². The Labute approximate surface area is 160 Å². The first-order valence-corrected chi connectivity index (χ1v) is 8.78. The van der Waals surface area contributed by atoms with Gasteiger partial charge in [0.05, 0.1) is 30.2 Å². The van der Waals surface area contributed by atoms with Crippen molar-refractivity contribution in [3.05, 3.63) is 51.4 Å². The van der Waals surface area contributed by atoms with Crippen molar-refractivity contribution in [2.45, 2.75) is 6.92 Å². The minimum absolute atomic E-state index is 0.0148. The number of anilines is 1. The predicted octanol–water partition coefficient (Wildman–Crippen LogP) is 1.34. The molecular weight excluding hydrogens is 372 g/mol. The Hall–Kier alpha value is -2.87. The summed E-state index contributed by atoms with van der Waals surface area (Å²) >= 11 is 6.33. The van der Waals surface area contributed by atoms with Crippen molar-refractivity contribution < 1.29 is 14.3 Å². The Morgan fingerprint density at radius 2 is 1.78 bits per heavy atom. The van der Waals surface area contributed by atoms with Gasteiger partial charge in [-0.25, -0.2) is 4.79 Å². The maximum absolute atomic E-state index is 12.8. The molecule has 8 nitrogen and oxygen atoms in total. The van der Waals surface area contributed by atoms with Crippen LogP contribution < -0.4 is 10.5 Å². The lowest BCUT2D eigenvalue weighted by Crippen LogP contribution is -2.48. The van der Waals surface area contributed by atoms with E-state index in [9.17, 15) is 14.4 Å². The van der Waals surface area contributed by atoms with Gasteiger partial charge in [0.2, 0.25) is 5.91 Å². The minimum atomic E-state index is -0.570. The normalized spacial score (nSPS) is 14.2. The average molecular weight is 391 g/mol. The molecule has 1 aromatic heterocycles. The van der Waals surface area contributed by atoms with Crippen molar-refractivity contribution in [2.75, 3.05) is 38.2 Å². The number of amides is 1. The number of methoxy groups -OCH3 is 1. The zero-order valence-electron chi connectivity index (χ0n) is 15.0. The number of hydrogen-bond donors (Lipinski definition) is 0. The van der Waals surface area contributed by atoms with Crippen LogP contribution in [0.5, 0.6) is 0 Å². The SMILES string of the molecule is COC(=O)c1ccccc1-n1ncc(N2CCN(C(C)=O)CC2)c(Cl)c1=O. The van der Waals surface area contributed by atoms with Crippen molar-refractivity contribution in [2.24, 2.45) is 0 Å². The third-order valence-electron chi connectivity index (χ3n) is 4.50. The molecule has 0 aliphatic carbocycles. The summed E-state index contributed by atoms with van der Waals surface area (Å²) in [6.07, 6.45) is 1.50. The molecule has 0 spiro atoms. The number of rotatable bonds is 3. The van der Waals surface area contributed by atoms with E-state index in [2.05, 4.69) is 5.10 Å². The Balaban J connectivity index is 1.95. The van der Waals surface area contributed by atoms with Crippen LogP contribution in [0.4, 0.5) is 5.69 Å². The van der Waals surface area contributed by atoms with Gasteiger partial charge in [0.25, 0.3) is 5.56 Å². The fourth-order valence-corrected chi connectivity index (χ4v) is 3.27. The predicted molar refractivity (Wildman–Crippen MR) is 101 cm³/mol. The number of carbonyl (C=O) groups excluding carboxylic acids is 2. The summed E-state index contributed by atoms with van der Waals surface area (Å²) in [5, 5.41) is 4.22. The van der Waals surface area contributed by atoms with E-state index < -0.39 is 11.5 Å². The standard InChI is InChI=1S/C18H19ClN4O4/c1-12(24)21-7-9-22(10-8-21)15-11-20-23(17(25)16(15)19)14-6-4-3-5-13(14)18(26)27-2/h3-6,11H,7-10H2,1-2H3. The van der Waals surface area contributed by atoms with Crippen LogP contribution in [-0.2, 0) is 9.53 Å². The highest BCUT2D eigenvalue weighted by Gasteiger charge is 2.23. The Kier molecular flexibility index (Phi) is 5.46. The minimum Gasteiger partial charge on any atom is -0.465 e. The molecular formula is C18H19ClN4O4. The Morgan fingerprint density at radius 1 is 1.11 bits per heavy atom. The van der Waals surface area contributed by atoms with Crippen LogP contribution in [-0.4, -0.2) is 59.8 Å². The van der Waals surface area contributed by atoms with Gasteiger partial charge >= 0.3 is 5.97 Å². The van der Waals surface area contributed by atoms with Crippen molar-refractivity contribution in [3.63, 3.8) is 0 Å². The number of piperazine rings is 1. The zero-order valence-corrected chi connectivity index (χ0v) is 15.8. The summed E-state index contributed by atoms with van der Waals surface area (Å²) in [6, 6.07) is 6.52. The number of halogens is 1. The number of nitrogens with zero attached hydrogens (tertiary/aromatic N) is 4. The fourth-order valence-electron chi connectivity index (χ4n) is 3.02. The van der Waals surface area contributed by atoms with E-state index in [1.54, 1.807) is 29.2 Å². The first-order chi connectivity index (χ1) is 12.9. The summed E-state index contributed by atoms with van der Waals surface area (Å²) in [4.78, 5) is 39.9. The van der Waals surface area contributed by atoms with Crippen molar-refractivity contribution in [1.29, 1.82) is 0 Å². The number of carbonyl (C=O) groups is 2. The van der Waals surface area contributed by atoms with Crippen LogP contribution in [0.15, 0.2) is 35.3 Å². The van der Waals surface area contributed by atoms with Gasteiger partial charge in [-0.05, 0) is 12.1 Å². The molecule has 27 heavy (non-hydrogen) atoms. The molecule has 142 valence electrons. The maximum atomic E-state index is 12.8. The van der Waals surface area contributed by atoms with E-state index in [1.807, 2.05) is 4.90 Å². The highest BCUT2D eigenvalue weighted by atomic mass is 35.5. The lowest BCUT2D eigenvalue weighted by molar-refractivity contribution is -0.129. The molecule has 1 amide bonds. The summed E-state index contributed by atoms with van der Waals surface area (Å²) in [7, 11) is 1.27. The third kappa shape index (κ3) is 3.66. The highest BCUT2D eigenvalue weighted by Crippen LogP contribution is 2.23. The molecule has 0 bridgehead atoms. The van der Waals surface area contributed by atoms with Gasteiger partial charge in [-0.3, -0.25) is 9.59 Å². The summed E-state index contributed by atoms with van der Waals surface area (Å²) in [6.45, 7) is 3.76. The molecule has 3 rings (SSSR count). The van der Waals surface area contributed by atoms with E-state index in [1.165, 1.54) is 20.2 Å². The summed E-state index contributed by atoms with van der Waals surface area (Å²) in [5.74, 6) is -0.548. The lowest BCUT2D eigenvalue weighted by Gasteiger charge is -2.35. The zero-order chi connectivity index (χ0) is 19.6. The van der Waals surface area contributed by atoms with Crippen LogP contribution in [0.1, 0.15) is 17.3 Å². The summed E-state index contributed by atoms with van der Waals surface area (Å²) in [5.41, 5.74) is 0.494. The van der Waals surface area contributed by atoms with Crippen LogP contribution >= 0.6 is 11.6 Å². The van der Waals surface area contributed by atoms with Crippen LogP contribution in [0.2, 0.25) is 5.02 Å². The first-order valence-electron chi connectivity index (χ1n) is 8.40. The molecule has 1 fully saturated rings. The quantitative estimate of drug-likeness (QED) is 0.735. The van der Waals surface area contributed by atoms with Gasteiger partial charge in [0, 0.05) is 33.1 Å². The highest BCUT2D eigenvalue weighted by molar-refractivity contribution is 6.33. The molecule has 1 aliphatic rings. The number of para-hydroxylation sites is 1. The molecule has 0 radical (unpaired) electrons. The van der Waals surface area contributed by atoms with Gasteiger partial charge in [0.15, 0.2) is 0 Å². The topological polar surface area (TPSA) is 84.7 Å². The van der Waals surface area contributed by atoms with Gasteiger partial charge in [-0.15, -0.1) is 0 Å². The van der Waals surface area contributed by atoms with E-state index >= 15 is 0 Å². The average Bonchev–Trinajstić information content (AvgIpc) is 2.69. The number of hydrogen-bond acceptors (Lipinski definition) is 6. The van der Waals surface area contributed by atoms with Gasteiger partial charge < -0.3 is 14.5 Å². The second kappa shape index (κ2) is 7.79. The van der Waals surface area contributed by atoms with E-state index in [-0.39, 0.29) is 16.5 Å². The number of esters is 1. The van der Waals surface area contributed by atoms with Crippen LogP contribution in [0.25, 0.3) is 5.69 Å². The van der Waals surface area contributed by atoms with Crippen LogP contribution in [0.3, 0.4) is 0 Å². The maximum Gasteiger partial charge on any atom is 0.340 e. The number of ether oxygens (including phenoxy) is 1. The van der Waals surface area contributed by atoms with E-state index in [0.29, 0.717) is 37.6 Å². The molecule has 0 atom stereocenters. The summed E-state index contributed by atoms with van der Waals surface area (Å²) < 4.78 is 5.85. The molecule has 9 heteroatoms. The molecule has 0 unspecified atom stereocenters. The second-order valence-corrected chi connectivity index (χ2v) is 6.44. The molecule has 1 aromatic carbocycles. The molecule has 0 saturated carbocycles.